The highest BCUT2D eigenvalue weighted by Gasteiger charge is 2.20. The minimum Gasteiger partial charge on any atom is -0.472 e. The van der Waals surface area contributed by atoms with Crippen molar-refractivity contribution in [1.82, 2.24) is 4.31 Å². The molecule has 0 fully saturated rings. The van der Waals surface area contributed by atoms with Crippen LogP contribution >= 0.6 is 0 Å². The van der Waals surface area contributed by atoms with Gasteiger partial charge in [-0.1, -0.05) is 18.2 Å². The first-order valence-electron chi connectivity index (χ1n) is 5.96. The van der Waals surface area contributed by atoms with Crippen LogP contribution in [0.1, 0.15) is 16.7 Å². The Kier molecular flexibility index (Phi) is 4.23. The Morgan fingerprint density at radius 3 is 2.70 bits per heavy atom. The Bertz CT molecular complexity index is 715. The number of benzene rings is 1. The number of hydrogen-bond donors (Lipinski definition) is 0. The van der Waals surface area contributed by atoms with Crippen LogP contribution in [0.3, 0.4) is 0 Å². The van der Waals surface area contributed by atoms with Crippen molar-refractivity contribution in [3.8, 4) is 6.07 Å². The summed E-state index contributed by atoms with van der Waals surface area (Å²) in [5.41, 5.74) is 1.67. The van der Waals surface area contributed by atoms with E-state index in [1.807, 2.05) is 6.07 Å². The van der Waals surface area contributed by atoms with Gasteiger partial charge >= 0.3 is 0 Å². The third-order valence-corrected chi connectivity index (χ3v) is 4.69. The van der Waals surface area contributed by atoms with Crippen LogP contribution in [0.2, 0.25) is 0 Å². The Balaban J connectivity index is 2.17. The second-order valence-electron chi connectivity index (χ2n) is 4.41. The molecule has 0 unspecified atom stereocenters. The summed E-state index contributed by atoms with van der Waals surface area (Å²) in [4.78, 5) is 0. The zero-order valence-electron chi connectivity index (χ0n) is 11.0. The summed E-state index contributed by atoms with van der Waals surface area (Å²) in [6.45, 7) is 0.244. The van der Waals surface area contributed by atoms with Gasteiger partial charge in [-0.05, 0) is 17.7 Å². The number of nitriles is 1. The van der Waals surface area contributed by atoms with Crippen LogP contribution in [0.25, 0.3) is 0 Å². The van der Waals surface area contributed by atoms with E-state index in [0.29, 0.717) is 11.1 Å². The van der Waals surface area contributed by atoms with Gasteiger partial charge in [0.2, 0.25) is 10.0 Å². The maximum Gasteiger partial charge on any atom is 0.218 e. The van der Waals surface area contributed by atoms with Crippen molar-refractivity contribution < 1.29 is 12.8 Å². The second kappa shape index (κ2) is 5.90. The van der Waals surface area contributed by atoms with E-state index >= 15 is 0 Å². The summed E-state index contributed by atoms with van der Waals surface area (Å²) < 4.78 is 30.7. The average molecular weight is 290 g/mol. The van der Waals surface area contributed by atoms with Crippen LogP contribution < -0.4 is 0 Å². The van der Waals surface area contributed by atoms with Crippen molar-refractivity contribution in [2.45, 2.75) is 12.3 Å². The molecule has 2 rings (SSSR count). The van der Waals surface area contributed by atoms with Gasteiger partial charge in [-0.25, -0.2) is 12.7 Å². The van der Waals surface area contributed by atoms with E-state index < -0.39 is 10.0 Å². The molecule has 6 heteroatoms. The molecule has 0 bridgehead atoms. The lowest BCUT2D eigenvalue weighted by Gasteiger charge is -2.16. The number of rotatable bonds is 5. The quantitative estimate of drug-likeness (QED) is 0.845. The third kappa shape index (κ3) is 3.26. The maximum atomic E-state index is 12.3. The lowest BCUT2D eigenvalue weighted by Crippen LogP contribution is -2.27. The molecule has 1 aromatic heterocycles. The molecule has 0 saturated heterocycles. The van der Waals surface area contributed by atoms with Crippen LogP contribution in [0.5, 0.6) is 0 Å². The molecule has 0 aliphatic heterocycles. The molecule has 0 saturated carbocycles. The predicted molar refractivity (Wildman–Crippen MR) is 74.0 cm³/mol. The molecule has 1 aromatic carbocycles. The number of furan rings is 1. The van der Waals surface area contributed by atoms with Gasteiger partial charge in [-0.2, -0.15) is 5.26 Å². The predicted octanol–water partition coefficient (Wildman–Crippen LogP) is 2.11. The van der Waals surface area contributed by atoms with Crippen LogP contribution in [0, 0.1) is 11.3 Å². The van der Waals surface area contributed by atoms with Gasteiger partial charge in [0.1, 0.15) is 0 Å². The zero-order valence-corrected chi connectivity index (χ0v) is 11.8. The van der Waals surface area contributed by atoms with Gasteiger partial charge in [-0.3, -0.25) is 0 Å². The Morgan fingerprint density at radius 2 is 2.05 bits per heavy atom. The smallest absolute Gasteiger partial charge is 0.218 e. The second-order valence-corrected chi connectivity index (χ2v) is 6.49. The standard InChI is InChI=1S/C14H14N2O3S/c1-16(9-12-6-7-19-10-12)20(17,18)11-14-5-3-2-4-13(14)8-15/h2-7,10H,9,11H2,1H3. The van der Waals surface area contributed by atoms with Crippen molar-refractivity contribution in [1.29, 1.82) is 5.26 Å². The van der Waals surface area contributed by atoms with Gasteiger partial charge in [0.05, 0.1) is 29.9 Å². The van der Waals surface area contributed by atoms with Gasteiger partial charge < -0.3 is 4.42 Å². The van der Waals surface area contributed by atoms with Crippen LogP contribution in [0.15, 0.2) is 47.3 Å². The normalized spacial score (nSPS) is 11.4. The van der Waals surface area contributed by atoms with Crippen molar-refractivity contribution in [2.24, 2.45) is 0 Å². The van der Waals surface area contributed by atoms with Crippen molar-refractivity contribution in [2.75, 3.05) is 7.05 Å². The summed E-state index contributed by atoms with van der Waals surface area (Å²) in [6, 6.07) is 10.4. The van der Waals surface area contributed by atoms with E-state index in [4.69, 9.17) is 9.68 Å². The third-order valence-electron chi connectivity index (χ3n) is 2.94. The minimum absolute atomic E-state index is 0.189. The highest BCUT2D eigenvalue weighted by atomic mass is 32.2. The van der Waals surface area contributed by atoms with E-state index in [-0.39, 0.29) is 12.3 Å². The van der Waals surface area contributed by atoms with Crippen molar-refractivity contribution >= 4 is 10.0 Å². The van der Waals surface area contributed by atoms with Crippen LogP contribution in [-0.2, 0) is 22.3 Å². The molecule has 1 heterocycles. The molecule has 0 N–H and O–H groups in total. The van der Waals surface area contributed by atoms with E-state index in [1.54, 1.807) is 30.3 Å². The fourth-order valence-corrected chi connectivity index (χ4v) is 3.01. The van der Waals surface area contributed by atoms with Crippen LogP contribution in [0.4, 0.5) is 0 Å². The molecule has 0 radical (unpaired) electrons. The van der Waals surface area contributed by atoms with Gasteiger partial charge in [0.15, 0.2) is 0 Å². The van der Waals surface area contributed by atoms with Crippen molar-refractivity contribution in [3.63, 3.8) is 0 Å². The maximum absolute atomic E-state index is 12.3. The Morgan fingerprint density at radius 1 is 1.30 bits per heavy atom. The molecule has 0 atom stereocenters. The molecule has 0 amide bonds. The average Bonchev–Trinajstić information content (AvgIpc) is 2.92. The summed E-state index contributed by atoms with van der Waals surface area (Å²) in [5, 5.41) is 8.99. The Labute approximate surface area is 118 Å². The fraction of sp³-hybridized carbons (Fsp3) is 0.214. The van der Waals surface area contributed by atoms with Crippen LogP contribution in [-0.4, -0.2) is 19.8 Å². The highest BCUT2D eigenvalue weighted by Crippen LogP contribution is 2.16. The van der Waals surface area contributed by atoms with E-state index in [2.05, 4.69) is 0 Å². The summed E-state index contributed by atoms with van der Waals surface area (Å²) in [6.07, 6.45) is 3.01. The van der Waals surface area contributed by atoms with E-state index in [1.165, 1.54) is 23.9 Å². The molecule has 104 valence electrons. The molecule has 5 nitrogen and oxygen atoms in total. The monoisotopic (exact) mass is 290 g/mol. The number of nitrogens with zero attached hydrogens (tertiary/aromatic N) is 2. The van der Waals surface area contributed by atoms with E-state index in [9.17, 15) is 8.42 Å². The topological polar surface area (TPSA) is 74.3 Å². The number of sulfonamides is 1. The summed E-state index contributed by atoms with van der Waals surface area (Å²) >= 11 is 0. The molecular weight excluding hydrogens is 276 g/mol. The minimum atomic E-state index is -3.48. The van der Waals surface area contributed by atoms with Gasteiger partial charge in [0, 0.05) is 19.2 Å². The summed E-state index contributed by atoms with van der Waals surface area (Å²) in [7, 11) is -1.97. The lowest BCUT2D eigenvalue weighted by atomic mass is 10.1. The van der Waals surface area contributed by atoms with Crippen molar-refractivity contribution in [3.05, 3.63) is 59.5 Å². The first-order valence-corrected chi connectivity index (χ1v) is 7.57. The lowest BCUT2D eigenvalue weighted by molar-refractivity contribution is 0.462. The van der Waals surface area contributed by atoms with Gasteiger partial charge in [0.25, 0.3) is 0 Å². The molecule has 2 aromatic rings. The molecule has 0 aliphatic carbocycles. The Hall–Kier alpha value is -2.10. The molecule has 0 aliphatic rings. The number of hydrogen-bond acceptors (Lipinski definition) is 4. The molecule has 0 spiro atoms. The largest absolute Gasteiger partial charge is 0.472 e. The first-order chi connectivity index (χ1) is 9.53. The SMILES string of the molecule is CN(Cc1ccoc1)S(=O)(=O)Cc1ccccc1C#N. The molecule has 20 heavy (non-hydrogen) atoms. The fourth-order valence-electron chi connectivity index (χ4n) is 1.80. The first kappa shape index (κ1) is 14.3. The molecular formula is C14H14N2O3S. The summed E-state index contributed by atoms with van der Waals surface area (Å²) in [5.74, 6) is -0.189. The van der Waals surface area contributed by atoms with E-state index in [0.717, 1.165) is 5.56 Å². The zero-order chi connectivity index (χ0) is 14.6. The van der Waals surface area contributed by atoms with Gasteiger partial charge in [-0.15, -0.1) is 0 Å². The highest BCUT2D eigenvalue weighted by molar-refractivity contribution is 7.88.